The summed E-state index contributed by atoms with van der Waals surface area (Å²) in [7, 11) is 1.58. The minimum Gasteiger partial charge on any atom is -0.497 e. The van der Waals surface area contributed by atoms with Crippen LogP contribution in [-0.2, 0) is 0 Å². The van der Waals surface area contributed by atoms with Crippen molar-refractivity contribution in [2.24, 2.45) is 0 Å². The standard InChI is InChI=1S/C11H9IN2O3/c1-17-8-4-2-3-7(5-8)14-10(12)9(6-13-14)11(15)16/h2-6H,1H3,(H,15,16). The molecule has 1 aromatic heterocycles. The van der Waals surface area contributed by atoms with Crippen molar-refractivity contribution in [3.8, 4) is 11.4 Å². The lowest BCUT2D eigenvalue weighted by molar-refractivity contribution is 0.0695. The quantitative estimate of drug-likeness (QED) is 0.867. The van der Waals surface area contributed by atoms with E-state index in [9.17, 15) is 4.79 Å². The van der Waals surface area contributed by atoms with Crippen LogP contribution in [0.25, 0.3) is 5.69 Å². The third-order valence-electron chi connectivity index (χ3n) is 2.24. The zero-order valence-electron chi connectivity index (χ0n) is 8.92. The first-order valence-corrected chi connectivity index (χ1v) is 5.82. The number of ether oxygens (including phenoxy) is 1. The highest BCUT2D eigenvalue weighted by Gasteiger charge is 2.15. The Morgan fingerprint density at radius 2 is 2.29 bits per heavy atom. The molecule has 0 aliphatic carbocycles. The lowest BCUT2D eigenvalue weighted by Crippen LogP contribution is -2.02. The summed E-state index contributed by atoms with van der Waals surface area (Å²) in [5.74, 6) is -0.283. The van der Waals surface area contributed by atoms with Crippen LogP contribution in [0.4, 0.5) is 0 Å². The second-order valence-electron chi connectivity index (χ2n) is 3.27. The fraction of sp³-hybridized carbons (Fsp3) is 0.0909. The van der Waals surface area contributed by atoms with Gasteiger partial charge in [-0.25, -0.2) is 9.48 Å². The molecule has 0 aliphatic heterocycles. The highest BCUT2D eigenvalue weighted by atomic mass is 127. The Labute approximate surface area is 111 Å². The lowest BCUT2D eigenvalue weighted by Gasteiger charge is -2.05. The zero-order valence-corrected chi connectivity index (χ0v) is 11.1. The van der Waals surface area contributed by atoms with Crippen molar-refractivity contribution in [2.45, 2.75) is 0 Å². The van der Waals surface area contributed by atoms with Gasteiger partial charge in [-0.15, -0.1) is 0 Å². The summed E-state index contributed by atoms with van der Waals surface area (Å²) in [6, 6.07) is 7.27. The van der Waals surface area contributed by atoms with Crippen molar-refractivity contribution >= 4 is 28.6 Å². The predicted octanol–water partition coefficient (Wildman–Crippen LogP) is 2.18. The van der Waals surface area contributed by atoms with E-state index in [1.807, 2.05) is 40.8 Å². The Balaban J connectivity index is 2.49. The topological polar surface area (TPSA) is 64.4 Å². The summed E-state index contributed by atoms with van der Waals surface area (Å²) in [4.78, 5) is 10.9. The minimum atomic E-state index is -0.983. The maximum absolute atomic E-state index is 10.9. The number of aromatic carboxylic acids is 1. The molecule has 17 heavy (non-hydrogen) atoms. The number of hydrogen-bond acceptors (Lipinski definition) is 3. The number of hydrogen-bond donors (Lipinski definition) is 1. The van der Waals surface area contributed by atoms with Gasteiger partial charge >= 0.3 is 5.97 Å². The summed E-state index contributed by atoms with van der Waals surface area (Å²) in [6.07, 6.45) is 1.34. The molecule has 0 bridgehead atoms. The molecule has 0 fully saturated rings. The van der Waals surface area contributed by atoms with E-state index < -0.39 is 5.97 Å². The first-order valence-electron chi connectivity index (χ1n) is 4.74. The smallest absolute Gasteiger partial charge is 0.340 e. The van der Waals surface area contributed by atoms with E-state index in [0.717, 1.165) is 5.69 Å². The van der Waals surface area contributed by atoms with Gasteiger partial charge in [-0.1, -0.05) is 6.07 Å². The Morgan fingerprint density at radius 1 is 1.53 bits per heavy atom. The van der Waals surface area contributed by atoms with Crippen LogP contribution < -0.4 is 4.74 Å². The van der Waals surface area contributed by atoms with Gasteiger partial charge in [-0.2, -0.15) is 5.10 Å². The molecular formula is C11H9IN2O3. The first-order chi connectivity index (χ1) is 8.13. The molecule has 0 saturated heterocycles. The molecule has 2 aromatic rings. The van der Waals surface area contributed by atoms with Crippen LogP contribution in [0.5, 0.6) is 5.75 Å². The number of nitrogens with zero attached hydrogens (tertiary/aromatic N) is 2. The minimum absolute atomic E-state index is 0.188. The molecule has 0 amide bonds. The van der Waals surface area contributed by atoms with E-state index in [2.05, 4.69) is 5.10 Å². The molecule has 5 nitrogen and oxygen atoms in total. The van der Waals surface area contributed by atoms with Crippen molar-refractivity contribution < 1.29 is 14.6 Å². The number of aromatic nitrogens is 2. The fourth-order valence-electron chi connectivity index (χ4n) is 1.40. The number of carbonyl (C=O) groups is 1. The maximum atomic E-state index is 10.9. The van der Waals surface area contributed by atoms with E-state index in [-0.39, 0.29) is 5.56 Å². The van der Waals surface area contributed by atoms with Crippen LogP contribution in [-0.4, -0.2) is 28.0 Å². The SMILES string of the molecule is COc1cccc(-n2ncc(C(=O)O)c2I)c1. The second kappa shape index (κ2) is 4.74. The lowest BCUT2D eigenvalue weighted by atomic mass is 10.3. The van der Waals surface area contributed by atoms with Crippen LogP contribution in [0.15, 0.2) is 30.5 Å². The molecule has 2 rings (SSSR count). The molecule has 1 heterocycles. The fourth-order valence-corrected chi connectivity index (χ4v) is 2.17. The Bertz CT molecular complexity index is 566. The Kier molecular flexibility index (Phi) is 3.32. The van der Waals surface area contributed by atoms with E-state index >= 15 is 0 Å². The summed E-state index contributed by atoms with van der Waals surface area (Å²) in [6.45, 7) is 0. The number of methoxy groups -OCH3 is 1. The van der Waals surface area contributed by atoms with E-state index in [1.165, 1.54) is 6.20 Å². The van der Waals surface area contributed by atoms with E-state index in [4.69, 9.17) is 9.84 Å². The van der Waals surface area contributed by atoms with Crippen LogP contribution in [0.3, 0.4) is 0 Å². The molecule has 0 unspecified atom stereocenters. The number of carboxylic acid groups (broad SMARTS) is 1. The van der Waals surface area contributed by atoms with E-state index in [0.29, 0.717) is 9.45 Å². The molecule has 0 spiro atoms. The molecule has 1 aromatic carbocycles. The summed E-state index contributed by atoms with van der Waals surface area (Å²) in [5.41, 5.74) is 0.953. The average molecular weight is 344 g/mol. The number of rotatable bonds is 3. The third kappa shape index (κ3) is 2.26. The van der Waals surface area contributed by atoms with Gasteiger partial charge in [0.15, 0.2) is 0 Å². The van der Waals surface area contributed by atoms with Gasteiger partial charge in [0.05, 0.1) is 19.0 Å². The Morgan fingerprint density at radius 3 is 2.88 bits per heavy atom. The number of benzene rings is 1. The normalized spacial score (nSPS) is 10.2. The van der Waals surface area contributed by atoms with Crippen LogP contribution in [0.1, 0.15) is 10.4 Å². The van der Waals surface area contributed by atoms with Gasteiger partial charge < -0.3 is 9.84 Å². The second-order valence-corrected chi connectivity index (χ2v) is 4.29. The van der Waals surface area contributed by atoms with Crippen molar-refractivity contribution in [1.29, 1.82) is 0 Å². The molecule has 0 radical (unpaired) electrons. The Hall–Kier alpha value is -1.57. The van der Waals surface area contributed by atoms with Gasteiger partial charge in [0.25, 0.3) is 0 Å². The molecule has 0 aliphatic rings. The maximum Gasteiger partial charge on any atom is 0.340 e. The van der Waals surface area contributed by atoms with Gasteiger partial charge in [0.1, 0.15) is 15.0 Å². The van der Waals surface area contributed by atoms with Crippen molar-refractivity contribution in [3.05, 3.63) is 39.7 Å². The molecular weight excluding hydrogens is 335 g/mol. The van der Waals surface area contributed by atoms with Crippen LogP contribution >= 0.6 is 22.6 Å². The van der Waals surface area contributed by atoms with Crippen LogP contribution in [0.2, 0.25) is 0 Å². The van der Waals surface area contributed by atoms with Crippen molar-refractivity contribution in [2.75, 3.05) is 7.11 Å². The van der Waals surface area contributed by atoms with Crippen molar-refractivity contribution in [1.82, 2.24) is 9.78 Å². The first kappa shape index (κ1) is 11.9. The van der Waals surface area contributed by atoms with Gasteiger partial charge in [0.2, 0.25) is 0 Å². The van der Waals surface area contributed by atoms with E-state index in [1.54, 1.807) is 17.9 Å². The molecule has 0 saturated carbocycles. The summed E-state index contributed by atoms with van der Waals surface area (Å²) in [5, 5.41) is 13.0. The molecule has 6 heteroatoms. The summed E-state index contributed by atoms with van der Waals surface area (Å²) < 4.78 is 7.23. The van der Waals surface area contributed by atoms with Crippen molar-refractivity contribution in [3.63, 3.8) is 0 Å². The number of halogens is 1. The van der Waals surface area contributed by atoms with Gasteiger partial charge in [0, 0.05) is 6.07 Å². The highest BCUT2D eigenvalue weighted by Crippen LogP contribution is 2.20. The molecule has 0 atom stereocenters. The molecule has 1 N–H and O–H groups in total. The molecule has 88 valence electrons. The average Bonchev–Trinajstić information content (AvgIpc) is 2.71. The predicted molar refractivity (Wildman–Crippen MR) is 69.8 cm³/mol. The van der Waals surface area contributed by atoms with Gasteiger partial charge in [-0.3, -0.25) is 0 Å². The van der Waals surface area contributed by atoms with Crippen LogP contribution in [0, 0.1) is 3.70 Å². The third-order valence-corrected chi connectivity index (χ3v) is 3.28. The monoisotopic (exact) mass is 344 g/mol. The van der Waals surface area contributed by atoms with Gasteiger partial charge in [-0.05, 0) is 34.7 Å². The highest BCUT2D eigenvalue weighted by molar-refractivity contribution is 14.1. The zero-order chi connectivity index (χ0) is 12.4. The largest absolute Gasteiger partial charge is 0.497 e. The summed E-state index contributed by atoms with van der Waals surface area (Å²) >= 11 is 1.96. The number of carboxylic acids is 1.